The second-order valence-electron chi connectivity index (χ2n) is 0.792. The van der Waals surface area contributed by atoms with Crippen molar-refractivity contribution in [3.8, 4) is 0 Å². The summed E-state index contributed by atoms with van der Waals surface area (Å²) in [5.74, 6) is 0. The van der Waals surface area contributed by atoms with E-state index in [1.165, 1.54) is 0 Å². The number of hydrogen-bond donors (Lipinski definition) is 0. The molecule has 0 aliphatic heterocycles. The molecule has 0 saturated carbocycles. The van der Waals surface area contributed by atoms with E-state index in [4.69, 9.17) is 34.8 Å². The zero-order valence-electron chi connectivity index (χ0n) is 2.84. The molecule has 0 rings (SSSR count). The van der Waals surface area contributed by atoms with Gasteiger partial charge in [0.05, 0.1) is 9.04 Å². The highest BCUT2D eigenvalue weighted by Gasteiger charge is 2.14. The van der Waals surface area contributed by atoms with E-state index in [1.807, 2.05) is 0 Å². The predicted octanol–water partition coefficient (Wildman–Crippen LogP) is 0.566. The Kier molecular flexibility index (Phi) is 3.13. The van der Waals surface area contributed by atoms with Crippen molar-refractivity contribution in [3.05, 3.63) is 0 Å². The Bertz CT molecular complexity index is 38.5. The second kappa shape index (κ2) is 2.57. The SMILES string of the molecule is [Si][SiH2]C(Cl)(Cl)Cl. The Morgan fingerprint density at radius 2 is 1.50 bits per heavy atom. The van der Waals surface area contributed by atoms with Gasteiger partial charge in [-0.15, -0.1) is 0 Å². The highest BCUT2D eigenvalue weighted by atomic mass is 35.6. The molecule has 0 bridgehead atoms. The van der Waals surface area contributed by atoms with Gasteiger partial charge in [0, 0.05) is 9.76 Å². The van der Waals surface area contributed by atoms with E-state index in [-0.39, 0.29) is 0 Å². The molecule has 0 aromatic carbocycles. The lowest BCUT2D eigenvalue weighted by Gasteiger charge is -2.02. The van der Waals surface area contributed by atoms with Gasteiger partial charge in [-0.05, 0) is 0 Å². The van der Waals surface area contributed by atoms with Gasteiger partial charge in [-0.2, -0.15) is 0 Å². The average molecular weight is 177 g/mol. The van der Waals surface area contributed by atoms with Crippen molar-refractivity contribution >= 4 is 53.6 Å². The molecule has 35 valence electrons. The minimum atomic E-state index is -0.989. The third kappa shape index (κ3) is 5.30. The normalized spacial score (nSPS) is 14.0. The summed E-state index contributed by atoms with van der Waals surface area (Å²) in [6.45, 7) is 0. The van der Waals surface area contributed by atoms with Gasteiger partial charge in [-0.25, -0.2) is 0 Å². The molecule has 0 spiro atoms. The maximum Gasteiger partial charge on any atom is 0.166 e. The van der Waals surface area contributed by atoms with Crippen molar-refractivity contribution in [2.24, 2.45) is 0 Å². The van der Waals surface area contributed by atoms with Gasteiger partial charge < -0.3 is 0 Å². The Hall–Kier alpha value is 1.30. The largest absolute Gasteiger partial charge is 0.166 e. The fraction of sp³-hybridized carbons (Fsp3) is 1.00. The maximum atomic E-state index is 5.26. The number of alkyl halides is 3. The van der Waals surface area contributed by atoms with Crippen LogP contribution in [0.2, 0.25) is 0 Å². The van der Waals surface area contributed by atoms with Crippen LogP contribution in [0, 0.1) is 0 Å². The van der Waals surface area contributed by atoms with Crippen LogP contribution in [0.15, 0.2) is 0 Å². The summed E-state index contributed by atoms with van der Waals surface area (Å²) in [5, 5.41) is 0. The standard InChI is InChI=1S/CH2Cl3Si2/c2-1(3,4)6-5/h6H2. The van der Waals surface area contributed by atoms with E-state index in [0.717, 1.165) is 0 Å². The summed E-state index contributed by atoms with van der Waals surface area (Å²) >= 11 is 15.8. The molecule has 0 saturated heterocycles. The summed E-state index contributed by atoms with van der Waals surface area (Å²) < 4.78 is -0.989. The smallest absolute Gasteiger partial charge is 0.0894 e. The maximum absolute atomic E-state index is 5.26. The highest BCUT2D eigenvalue weighted by molar-refractivity contribution is 7.06. The zero-order valence-corrected chi connectivity index (χ0v) is 7.52. The van der Waals surface area contributed by atoms with Crippen LogP contribution < -0.4 is 0 Å². The molecule has 0 unspecified atom stereocenters. The van der Waals surface area contributed by atoms with Crippen LogP contribution in [0.3, 0.4) is 0 Å². The Morgan fingerprint density at radius 1 is 1.33 bits per heavy atom. The molecule has 0 fully saturated rings. The predicted molar refractivity (Wildman–Crippen MR) is 34.6 cm³/mol. The average Bonchev–Trinajstić information content (AvgIpc) is 1.35. The van der Waals surface area contributed by atoms with Crippen LogP contribution in [-0.2, 0) is 0 Å². The molecular formula is CH2Cl3Si2. The summed E-state index contributed by atoms with van der Waals surface area (Å²) in [6, 6.07) is 0. The van der Waals surface area contributed by atoms with E-state index in [1.54, 1.807) is 0 Å². The molecule has 6 heavy (non-hydrogen) atoms. The minimum Gasteiger partial charge on any atom is -0.0894 e. The van der Waals surface area contributed by atoms with E-state index in [2.05, 4.69) is 9.76 Å². The van der Waals surface area contributed by atoms with Crippen molar-refractivity contribution in [1.29, 1.82) is 0 Å². The summed E-state index contributed by atoms with van der Waals surface area (Å²) in [5.41, 5.74) is 0. The molecule has 0 aromatic heterocycles. The van der Waals surface area contributed by atoms with Gasteiger partial charge in [0.25, 0.3) is 0 Å². The third-order valence-corrected chi connectivity index (χ3v) is 5.41. The van der Waals surface area contributed by atoms with Gasteiger partial charge in [0.2, 0.25) is 0 Å². The molecule has 0 aliphatic rings. The summed E-state index contributed by atoms with van der Waals surface area (Å²) in [7, 11) is 2.51. The molecule has 0 aliphatic carbocycles. The summed E-state index contributed by atoms with van der Waals surface area (Å²) in [4.78, 5) is 0. The van der Waals surface area contributed by atoms with Crippen molar-refractivity contribution in [3.63, 3.8) is 0 Å². The van der Waals surface area contributed by atoms with Gasteiger partial charge in [0.15, 0.2) is 3.42 Å². The van der Waals surface area contributed by atoms with Gasteiger partial charge >= 0.3 is 0 Å². The van der Waals surface area contributed by atoms with Gasteiger partial charge in [-0.3, -0.25) is 0 Å². The molecular weight excluding hydrogens is 175 g/mol. The fourth-order valence-corrected chi connectivity index (χ4v) is 0. The zero-order chi connectivity index (χ0) is 5.21. The van der Waals surface area contributed by atoms with E-state index < -0.39 is 12.5 Å². The minimum absolute atomic E-state index is 0.646. The molecule has 0 N–H and O–H groups in total. The molecule has 0 nitrogen and oxygen atoms in total. The van der Waals surface area contributed by atoms with E-state index in [9.17, 15) is 0 Å². The van der Waals surface area contributed by atoms with Crippen LogP contribution in [0.5, 0.6) is 0 Å². The first-order valence-electron chi connectivity index (χ1n) is 1.27. The van der Waals surface area contributed by atoms with Crippen LogP contribution in [-0.4, -0.2) is 22.2 Å². The highest BCUT2D eigenvalue weighted by Crippen LogP contribution is 2.22. The van der Waals surface area contributed by atoms with Crippen molar-refractivity contribution in [1.82, 2.24) is 0 Å². The Morgan fingerprint density at radius 3 is 1.50 bits per heavy atom. The fourth-order valence-electron chi connectivity index (χ4n) is 0. The van der Waals surface area contributed by atoms with E-state index >= 15 is 0 Å². The van der Waals surface area contributed by atoms with Gasteiger partial charge in [-0.1, -0.05) is 34.8 Å². The number of halogens is 3. The van der Waals surface area contributed by atoms with Gasteiger partial charge in [0.1, 0.15) is 0 Å². The lowest BCUT2D eigenvalue weighted by Crippen LogP contribution is -2.12. The Labute approximate surface area is 57.2 Å². The molecule has 5 heteroatoms. The third-order valence-electron chi connectivity index (χ3n) is 0.200. The molecule has 0 heterocycles. The quantitative estimate of drug-likeness (QED) is 0.374. The lowest BCUT2D eigenvalue weighted by molar-refractivity contribution is 1.74. The van der Waals surface area contributed by atoms with Crippen LogP contribution in [0.25, 0.3) is 0 Å². The van der Waals surface area contributed by atoms with Crippen molar-refractivity contribution in [2.45, 2.75) is 3.42 Å². The number of hydrogen-bond acceptors (Lipinski definition) is 0. The number of rotatable bonds is 0. The van der Waals surface area contributed by atoms with Crippen molar-refractivity contribution < 1.29 is 0 Å². The second-order valence-corrected chi connectivity index (χ2v) is 7.13. The molecule has 0 amide bonds. The summed E-state index contributed by atoms with van der Waals surface area (Å²) in [6.07, 6.45) is 0. The van der Waals surface area contributed by atoms with Crippen molar-refractivity contribution in [2.75, 3.05) is 0 Å². The first-order valence-corrected chi connectivity index (χ1v) is 5.94. The lowest BCUT2D eigenvalue weighted by atomic mass is 11.8. The monoisotopic (exact) mass is 175 g/mol. The van der Waals surface area contributed by atoms with Crippen LogP contribution >= 0.6 is 34.8 Å². The molecule has 0 atom stereocenters. The van der Waals surface area contributed by atoms with Crippen LogP contribution in [0.4, 0.5) is 0 Å². The molecule has 0 aromatic rings. The Balaban J connectivity index is 3.17. The first kappa shape index (κ1) is 7.30. The molecule has 3 radical (unpaired) electrons. The van der Waals surface area contributed by atoms with Crippen LogP contribution in [0.1, 0.15) is 0 Å². The first-order chi connectivity index (χ1) is 2.56. The van der Waals surface area contributed by atoms with E-state index in [0.29, 0.717) is 0 Å². The topological polar surface area (TPSA) is 0 Å².